The van der Waals surface area contributed by atoms with Gasteiger partial charge in [0.1, 0.15) is 12.5 Å². The number of anilines is 4. The lowest BCUT2D eigenvalue weighted by molar-refractivity contribution is -0.145. The molecule has 0 aliphatic rings. The fraction of sp³-hybridized carbons (Fsp3) is 0.235. The van der Waals surface area contributed by atoms with Gasteiger partial charge in [-0.3, -0.25) is 4.79 Å². The first kappa shape index (κ1) is 20.8. The number of nitrogens with zero attached hydrogens (tertiary/aromatic N) is 4. The van der Waals surface area contributed by atoms with E-state index in [1.165, 1.54) is 45.3 Å². The Balaban J connectivity index is 1.56. The first-order valence-corrected chi connectivity index (χ1v) is 12.1. The molecule has 0 saturated carbocycles. The Bertz CT molecular complexity index is 989. The Hall–Kier alpha value is -2.45. The predicted molar refractivity (Wildman–Crippen MR) is 120 cm³/mol. The molecule has 9 nitrogen and oxygen atoms in total. The summed E-state index contributed by atoms with van der Waals surface area (Å²) in [4.78, 5) is 30.4. The van der Waals surface area contributed by atoms with E-state index in [0.29, 0.717) is 28.3 Å². The molecule has 4 heterocycles. The molecule has 0 aliphatic heterocycles. The van der Waals surface area contributed by atoms with Crippen LogP contribution in [0.5, 0.6) is 0 Å². The van der Waals surface area contributed by atoms with E-state index in [2.05, 4.69) is 30.6 Å². The average Bonchev–Trinajstić information content (AvgIpc) is 3.52. The van der Waals surface area contributed by atoms with Gasteiger partial charge in [-0.05, 0) is 0 Å². The maximum absolute atomic E-state index is 12.9. The van der Waals surface area contributed by atoms with Crippen molar-refractivity contribution >= 4 is 71.8 Å². The third kappa shape index (κ3) is 5.17. The maximum Gasteiger partial charge on any atom is 0.321 e. The number of hydrogen-bond acceptors (Lipinski definition) is 13. The Morgan fingerprint density at radius 1 is 0.900 bits per heavy atom. The maximum atomic E-state index is 12.9. The highest BCUT2D eigenvalue weighted by Gasteiger charge is 2.30. The number of hydrogen-bond donors (Lipinski definition) is 2. The Kier molecular flexibility index (Phi) is 6.96. The Morgan fingerprint density at radius 2 is 1.47 bits per heavy atom. The lowest BCUT2D eigenvalue weighted by atomic mass is 10.0. The van der Waals surface area contributed by atoms with E-state index in [1.54, 1.807) is 19.5 Å². The molecule has 0 fully saturated rings. The zero-order valence-corrected chi connectivity index (χ0v) is 18.9. The molecular formula is C17H16N6O3S4. The molecule has 0 saturated heterocycles. The second-order valence-corrected chi connectivity index (χ2v) is 9.18. The normalized spacial score (nSPS) is 11.0. The van der Waals surface area contributed by atoms with Gasteiger partial charge in [-0.2, -0.15) is 0 Å². The second-order valence-electron chi connectivity index (χ2n) is 5.67. The number of rotatable bonds is 10. The molecule has 0 atom stereocenters. The van der Waals surface area contributed by atoms with E-state index in [4.69, 9.17) is 9.47 Å². The molecule has 4 aromatic heterocycles. The lowest BCUT2D eigenvalue weighted by Gasteiger charge is -2.12. The molecule has 13 heteroatoms. The van der Waals surface area contributed by atoms with Crippen LogP contribution in [0.4, 0.5) is 20.5 Å². The number of aromatic nitrogens is 4. The highest BCUT2D eigenvalue weighted by Crippen LogP contribution is 2.33. The largest absolute Gasteiger partial charge is 0.462 e. The fourth-order valence-electron chi connectivity index (χ4n) is 2.41. The lowest BCUT2D eigenvalue weighted by Crippen LogP contribution is -2.20. The number of carbonyl (C=O) groups is 1. The van der Waals surface area contributed by atoms with Crippen LogP contribution in [-0.4, -0.2) is 46.2 Å². The zero-order valence-electron chi connectivity index (χ0n) is 15.6. The summed E-state index contributed by atoms with van der Waals surface area (Å²) in [5.74, 6) is -1.17. The highest BCUT2D eigenvalue weighted by molar-refractivity contribution is 7.16. The summed E-state index contributed by atoms with van der Waals surface area (Å²) in [6.45, 7) is 0.481. The molecule has 0 amide bonds. The molecule has 0 aliphatic carbocycles. The van der Waals surface area contributed by atoms with Crippen molar-refractivity contribution in [2.75, 3.05) is 31.0 Å². The van der Waals surface area contributed by atoms with Crippen LogP contribution in [0.2, 0.25) is 0 Å². The molecule has 0 bridgehead atoms. The molecule has 156 valence electrons. The summed E-state index contributed by atoms with van der Waals surface area (Å²) in [6.07, 6.45) is 3.42. The smallest absolute Gasteiger partial charge is 0.321 e. The SMILES string of the molecule is COCCOC(=O)C(c1csc(Nc2nccs2)n1)c1csc(Nc2nccs2)n1. The van der Waals surface area contributed by atoms with E-state index in [-0.39, 0.29) is 6.61 Å². The number of esters is 1. The molecule has 4 rings (SSSR count). The van der Waals surface area contributed by atoms with Crippen LogP contribution >= 0.6 is 45.3 Å². The Morgan fingerprint density at radius 3 is 1.93 bits per heavy atom. The molecule has 30 heavy (non-hydrogen) atoms. The highest BCUT2D eigenvalue weighted by atomic mass is 32.1. The van der Waals surface area contributed by atoms with Gasteiger partial charge < -0.3 is 20.1 Å². The van der Waals surface area contributed by atoms with Crippen molar-refractivity contribution in [3.8, 4) is 0 Å². The van der Waals surface area contributed by atoms with Crippen molar-refractivity contribution in [1.29, 1.82) is 0 Å². The number of ether oxygens (including phenoxy) is 2. The summed E-state index contributed by atoms with van der Waals surface area (Å²) in [5.41, 5.74) is 1.13. The average molecular weight is 481 g/mol. The second kappa shape index (κ2) is 10.0. The quantitative estimate of drug-likeness (QED) is 0.253. The molecule has 0 radical (unpaired) electrons. The van der Waals surface area contributed by atoms with E-state index in [0.717, 1.165) is 10.3 Å². The summed E-state index contributed by atoms with van der Waals surface area (Å²) in [7, 11) is 1.55. The minimum absolute atomic E-state index is 0.161. The van der Waals surface area contributed by atoms with Crippen molar-refractivity contribution in [1.82, 2.24) is 19.9 Å². The molecule has 2 N–H and O–H groups in total. The third-order valence-corrected chi connectivity index (χ3v) is 6.62. The summed E-state index contributed by atoms with van der Waals surface area (Å²) >= 11 is 5.72. The van der Waals surface area contributed by atoms with E-state index < -0.39 is 11.9 Å². The summed E-state index contributed by atoms with van der Waals surface area (Å²) in [5, 5.41) is 16.4. The fourth-order valence-corrected chi connectivity index (χ4v) is 5.06. The monoisotopic (exact) mass is 480 g/mol. The van der Waals surface area contributed by atoms with Gasteiger partial charge in [0.2, 0.25) is 0 Å². The standard InChI is InChI=1S/C17H16N6O3S4/c1-25-4-5-26-13(24)12(10-8-29-16(20-10)22-14-18-2-6-27-14)11-9-30-17(21-11)23-15-19-3-7-28-15/h2-3,6-9,12H,4-5H2,1H3,(H,18,20,22)(H,19,21,23). The van der Waals surface area contributed by atoms with E-state index >= 15 is 0 Å². The van der Waals surface area contributed by atoms with Gasteiger partial charge in [-0.1, -0.05) is 0 Å². The van der Waals surface area contributed by atoms with Crippen molar-refractivity contribution < 1.29 is 14.3 Å². The Labute approximate surface area is 187 Å². The van der Waals surface area contributed by atoms with Crippen molar-refractivity contribution in [3.05, 3.63) is 45.3 Å². The van der Waals surface area contributed by atoms with Gasteiger partial charge in [0.25, 0.3) is 0 Å². The number of nitrogens with one attached hydrogen (secondary N) is 2. The van der Waals surface area contributed by atoms with Crippen LogP contribution in [0.15, 0.2) is 33.9 Å². The minimum Gasteiger partial charge on any atom is -0.462 e. The first-order chi connectivity index (χ1) is 14.7. The van der Waals surface area contributed by atoms with Crippen molar-refractivity contribution in [3.63, 3.8) is 0 Å². The molecule has 0 unspecified atom stereocenters. The molecular weight excluding hydrogens is 464 g/mol. The van der Waals surface area contributed by atoms with Crippen molar-refractivity contribution in [2.24, 2.45) is 0 Å². The van der Waals surface area contributed by atoms with Crippen LogP contribution in [0.25, 0.3) is 0 Å². The number of thiazole rings is 4. The van der Waals surface area contributed by atoms with Gasteiger partial charge in [-0.15, -0.1) is 45.3 Å². The van der Waals surface area contributed by atoms with E-state index in [9.17, 15) is 4.79 Å². The minimum atomic E-state index is -0.743. The van der Waals surface area contributed by atoms with Gasteiger partial charge in [0.15, 0.2) is 20.5 Å². The van der Waals surface area contributed by atoms with Gasteiger partial charge >= 0.3 is 5.97 Å². The molecule has 0 spiro atoms. The van der Waals surface area contributed by atoms with Crippen molar-refractivity contribution in [2.45, 2.75) is 5.92 Å². The summed E-state index contributed by atoms with van der Waals surface area (Å²) in [6, 6.07) is 0. The van der Waals surface area contributed by atoms with Crippen LogP contribution in [0, 0.1) is 0 Å². The van der Waals surface area contributed by atoms with Gasteiger partial charge in [0.05, 0.1) is 18.0 Å². The van der Waals surface area contributed by atoms with Crippen LogP contribution in [-0.2, 0) is 14.3 Å². The zero-order chi connectivity index (χ0) is 20.8. The molecule has 4 aromatic rings. The number of methoxy groups -OCH3 is 1. The topological polar surface area (TPSA) is 111 Å². The first-order valence-electron chi connectivity index (χ1n) is 8.62. The number of carbonyl (C=O) groups excluding carboxylic acids is 1. The predicted octanol–water partition coefficient (Wildman–Crippen LogP) is 4.32. The van der Waals surface area contributed by atoms with Crippen LogP contribution in [0.1, 0.15) is 17.3 Å². The van der Waals surface area contributed by atoms with Gasteiger partial charge in [-0.25, -0.2) is 19.9 Å². The van der Waals surface area contributed by atoms with Crippen LogP contribution < -0.4 is 10.6 Å². The third-order valence-electron chi connectivity index (χ3n) is 3.70. The van der Waals surface area contributed by atoms with E-state index in [1.807, 2.05) is 21.5 Å². The molecule has 0 aromatic carbocycles. The van der Waals surface area contributed by atoms with Gasteiger partial charge in [0, 0.05) is 41.0 Å². The summed E-state index contributed by atoms with van der Waals surface area (Å²) < 4.78 is 10.4. The van der Waals surface area contributed by atoms with Crippen LogP contribution in [0.3, 0.4) is 0 Å².